The molecule has 0 saturated heterocycles. The van der Waals surface area contributed by atoms with Crippen molar-refractivity contribution in [1.82, 2.24) is 5.32 Å². The fourth-order valence-corrected chi connectivity index (χ4v) is 3.03. The average molecular weight is 323 g/mol. The molecule has 5 nitrogen and oxygen atoms in total. The molecule has 0 unspecified atom stereocenters. The number of benzene rings is 2. The van der Waals surface area contributed by atoms with Gasteiger partial charge in [0.15, 0.2) is 0 Å². The second kappa shape index (κ2) is 6.74. The van der Waals surface area contributed by atoms with Crippen LogP contribution < -0.4 is 16.0 Å². The summed E-state index contributed by atoms with van der Waals surface area (Å²) in [6.07, 6.45) is 2.99. The van der Waals surface area contributed by atoms with E-state index in [0.29, 0.717) is 11.4 Å². The van der Waals surface area contributed by atoms with Gasteiger partial charge < -0.3 is 16.0 Å². The lowest BCUT2D eigenvalue weighted by Gasteiger charge is -2.43. The standard InChI is InChI=1S/C19H21N3O2/c1-14(23)20-16-9-5-10-17(13-16)21-18(24)22-19(11-6-12-19)15-7-3-2-4-8-15/h2-5,7-10,13H,6,11-12H2,1H3,(H,20,23)(H2,21,22,24). The number of urea groups is 1. The van der Waals surface area contributed by atoms with Crippen LogP contribution in [-0.4, -0.2) is 11.9 Å². The SMILES string of the molecule is CC(=O)Nc1cccc(NC(=O)NC2(c3ccccc3)CCC2)c1. The lowest BCUT2D eigenvalue weighted by atomic mass is 9.72. The lowest BCUT2D eigenvalue weighted by Crippen LogP contribution is -2.52. The van der Waals surface area contributed by atoms with E-state index in [4.69, 9.17) is 0 Å². The van der Waals surface area contributed by atoms with Crippen LogP contribution in [0.3, 0.4) is 0 Å². The molecule has 0 heterocycles. The Bertz CT molecular complexity index is 739. The van der Waals surface area contributed by atoms with Crippen LogP contribution >= 0.6 is 0 Å². The van der Waals surface area contributed by atoms with E-state index >= 15 is 0 Å². The number of amides is 3. The Kier molecular flexibility index (Phi) is 4.51. The number of hydrogen-bond acceptors (Lipinski definition) is 2. The van der Waals surface area contributed by atoms with Crippen molar-refractivity contribution in [2.75, 3.05) is 10.6 Å². The molecule has 1 aliphatic carbocycles. The molecule has 0 aliphatic heterocycles. The summed E-state index contributed by atoms with van der Waals surface area (Å²) in [6.45, 7) is 1.45. The Labute approximate surface area is 141 Å². The summed E-state index contributed by atoms with van der Waals surface area (Å²) in [5.41, 5.74) is 2.15. The van der Waals surface area contributed by atoms with Gasteiger partial charge in [-0.3, -0.25) is 4.79 Å². The van der Waals surface area contributed by atoms with Gasteiger partial charge in [-0.15, -0.1) is 0 Å². The van der Waals surface area contributed by atoms with Crippen molar-refractivity contribution in [3.8, 4) is 0 Å². The number of carbonyl (C=O) groups excluding carboxylic acids is 2. The first-order chi connectivity index (χ1) is 11.6. The first-order valence-corrected chi connectivity index (χ1v) is 8.10. The van der Waals surface area contributed by atoms with E-state index in [2.05, 4.69) is 28.1 Å². The summed E-state index contributed by atoms with van der Waals surface area (Å²) in [5.74, 6) is -0.144. The fraction of sp³-hybridized carbons (Fsp3) is 0.263. The Morgan fingerprint density at radius 1 is 0.917 bits per heavy atom. The summed E-state index contributed by atoms with van der Waals surface area (Å²) < 4.78 is 0. The Hall–Kier alpha value is -2.82. The molecule has 0 bridgehead atoms. The van der Waals surface area contributed by atoms with Crippen molar-refractivity contribution in [2.24, 2.45) is 0 Å². The van der Waals surface area contributed by atoms with E-state index in [0.717, 1.165) is 24.8 Å². The summed E-state index contributed by atoms with van der Waals surface area (Å²) in [7, 11) is 0. The van der Waals surface area contributed by atoms with Gasteiger partial charge in [0.2, 0.25) is 5.91 Å². The average Bonchev–Trinajstić information content (AvgIpc) is 2.51. The molecule has 3 N–H and O–H groups in total. The van der Waals surface area contributed by atoms with Gasteiger partial charge in [0.1, 0.15) is 0 Å². The first-order valence-electron chi connectivity index (χ1n) is 8.10. The second-order valence-electron chi connectivity index (χ2n) is 6.14. The molecule has 3 rings (SSSR count). The maximum atomic E-state index is 12.4. The highest BCUT2D eigenvalue weighted by Crippen LogP contribution is 2.41. The summed E-state index contributed by atoms with van der Waals surface area (Å²) >= 11 is 0. The topological polar surface area (TPSA) is 70.2 Å². The molecule has 0 aromatic heterocycles. The smallest absolute Gasteiger partial charge is 0.319 e. The Balaban J connectivity index is 1.68. The third-order valence-electron chi connectivity index (χ3n) is 4.33. The van der Waals surface area contributed by atoms with Gasteiger partial charge in [0.25, 0.3) is 0 Å². The van der Waals surface area contributed by atoms with Gasteiger partial charge in [-0.1, -0.05) is 36.4 Å². The van der Waals surface area contributed by atoms with Gasteiger partial charge in [-0.2, -0.15) is 0 Å². The highest BCUT2D eigenvalue weighted by Gasteiger charge is 2.39. The molecule has 3 amide bonds. The van der Waals surface area contributed by atoms with Crippen molar-refractivity contribution >= 4 is 23.3 Å². The molecule has 24 heavy (non-hydrogen) atoms. The fourth-order valence-electron chi connectivity index (χ4n) is 3.03. The maximum Gasteiger partial charge on any atom is 0.319 e. The van der Waals surface area contributed by atoms with Gasteiger partial charge >= 0.3 is 6.03 Å². The Morgan fingerprint density at radius 2 is 1.58 bits per heavy atom. The van der Waals surface area contributed by atoms with Gasteiger partial charge in [0.05, 0.1) is 5.54 Å². The Morgan fingerprint density at radius 3 is 2.17 bits per heavy atom. The maximum absolute atomic E-state index is 12.4. The molecule has 2 aromatic rings. The monoisotopic (exact) mass is 323 g/mol. The van der Waals surface area contributed by atoms with Crippen LogP contribution in [0.5, 0.6) is 0 Å². The number of carbonyl (C=O) groups is 2. The molecule has 1 aliphatic rings. The van der Waals surface area contributed by atoms with Crippen LogP contribution in [0.4, 0.5) is 16.2 Å². The number of nitrogens with one attached hydrogen (secondary N) is 3. The van der Waals surface area contributed by atoms with Crippen LogP contribution in [0, 0.1) is 0 Å². The molecule has 0 radical (unpaired) electrons. The quantitative estimate of drug-likeness (QED) is 0.800. The van der Waals surface area contributed by atoms with Gasteiger partial charge in [0, 0.05) is 18.3 Å². The molecule has 0 spiro atoms. The minimum absolute atomic E-state index is 0.144. The zero-order chi connectivity index (χ0) is 17.0. The van der Waals surface area contributed by atoms with E-state index in [1.807, 2.05) is 18.2 Å². The minimum atomic E-state index is -0.277. The predicted octanol–water partition coefficient (Wildman–Crippen LogP) is 3.85. The van der Waals surface area contributed by atoms with Crippen LogP contribution in [0.1, 0.15) is 31.7 Å². The highest BCUT2D eigenvalue weighted by atomic mass is 16.2. The molecule has 0 atom stereocenters. The van der Waals surface area contributed by atoms with E-state index in [1.165, 1.54) is 6.92 Å². The van der Waals surface area contributed by atoms with Crippen LogP contribution in [0.2, 0.25) is 0 Å². The molecule has 124 valence electrons. The molecular formula is C19H21N3O2. The first kappa shape index (κ1) is 16.1. The summed E-state index contributed by atoms with van der Waals surface area (Å²) in [6, 6.07) is 16.9. The predicted molar refractivity (Wildman–Crippen MR) is 94.9 cm³/mol. The molecule has 2 aromatic carbocycles. The third-order valence-corrected chi connectivity index (χ3v) is 4.33. The van der Waals surface area contributed by atoms with Crippen molar-refractivity contribution in [3.05, 3.63) is 60.2 Å². The number of rotatable bonds is 4. The van der Waals surface area contributed by atoms with E-state index in [1.54, 1.807) is 24.3 Å². The van der Waals surface area contributed by atoms with E-state index < -0.39 is 0 Å². The van der Waals surface area contributed by atoms with Gasteiger partial charge in [-0.05, 0) is 43.0 Å². The second-order valence-corrected chi connectivity index (χ2v) is 6.14. The minimum Gasteiger partial charge on any atom is -0.328 e. The summed E-state index contributed by atoms with van der Waals surface area (Å²) in [5, 5.41) is 8.67. The molecular weight excluding hydrogens is 302 g/mol. The third kappa shape index (κ3) is 3.56. The van der Waals surface area contributed by atoms with E-state index in [-0.39, 0.29) is 17.5 Å². The largest absolute Gasteiger partial charge is 0.328 e. The van der Waals surface area contributed by atoms with E-state index in [9.17, 15) is 9.59 Å². The zero-order valence-electron chi connectivity index (χ0n) is 13.6. The summed E-state index contributed by atoms with van der Waals surface area (Å²) in [4.78, 5) is 23.5. The van der Waals surface area contributed by atoms with Crippen molar-refractivity contribution in [3.63, 3.8) is 0 Å². The zero-order valence-corrected chi connectivity index (χ0v) is 13.6. The van der Waals surface area contributed by atoms with Gasteiger partial charge in [-0.25, -0.2) is 4.79 Å². The number of anilines is 2. The molecule has 5 heteroatoms. The van der Waals surface area contributed by atoms with Crippen LogP contribution in [0.15, 0.2) is 54.6 Å². The number of hydrogen-bond donors (Lipinski definition) is 3. The molecule has 1 saturated carbocycles. The van der Waals surface area contributed by atoms with Crippen molar-refractivity contribution < 1.29 is 9.59 Å². The van der Waals surface area contributed by atoms with Crippen LogP contribution in [0.25, 0.3) is 0 Å². The van der Waals surface area contributed by atoms with Crippen molar-refractivity contribution in [2.45, 2.75) is 31.7 Å². The van der Waals surface area contributed by atoms with Crippen molar-refractivity contribution in [1.29, 1.82) is 0 Å². The molecule has 1 fully saturated rings. The highest BCUT2D eigenvalue weighted by molar-refractivity contribution is 5.92. The lowest BCUT2D eigenvalue weighted by molar-refractivity contribution is -0.114. The van der Waals surface area contributed by atoms with Crippen LogP contribution in [-0.2, 0) is 10.3 Å². The normalized spacial score (nSPS) is 15.0.